The second-order valence-corrected chi connectivity index (χ2v) is 8.82. The van der Waals surface area contributed by atoms with Crippen molar-refractivity contribution in [3.8, 4) is 0 Å². The normalized spacial score (nSPS) is 32.6. The van der Waals surface area contributed by atoms with Gasteiger partial charge in [-0.05, 0) is 25.7 Å². The molecule has 0 aromatic carbocycles. The number of ether oxygens (including phenoxy) is 3. The number of hydrogen-bond acceptors (Lipinski definition) is 9. The SMILES string of the molecule is CO[C@@H]1O[C@@H](C)[C@H](OCC2CCCCC2)[C@@H](OS(=O)(=O)O)[C@H]1OS(=O)(=O)O.[Na+]. The van der Waals surface area contributed by atoms with Gasteiger partial charge in [0.2, 0.25) is 0 Å². The molecule has 160 valence electrons. The molecule has 1 aliphatic heterocycles. The van der Waals surface area contributed by atoms with Crippen molar-refractivity contribution in [2.45, 2.75) is 69.7 Å². The average Bonchev–Trinajstić information content (AvgIpc) is 2.55. The molecule has 2 aliphatic rings. The summed E-state index contributed by atoms with van der Waals surface area (Å²) in [6, 6.07) is 0. The Kier molecular flexibility index (Phi) is 10.8. The standard InChI is InChI=1S/C14H26O11S2.Na/c1-9-11(22-8-10-6-4-3-5-7-10)12(24-26(15,16)17)13(14(21-2)23-9)25-27(18,19)20;/h9-14H,3-8H2,1-2H3,(H,15,16,17)(H,18,19,20);/q;+1/t9-,11-,12+,13+,14+;/m0./s1. The molecule has 0 aromatic heterocycles. The largest absolute Gasteiger partial charge is 1.00 e. The molecular weight excluding hydrogens is 431 g/mol. The molecule has 11 nitrogen and oxygen atoms in total. The Labute approximate surface area is 187 Å². The summed E-state index contributed by atoms with van der Waals surface area (Å²) in [5.74, 6) is 0.262. The average molecular weight is 457 g/mol. The van der Waals surface area contributed by atoms with Gasteiger partial charge in [-0.3, -0.25) is 9.11 Å². The molecule has 0 aromatic rings. The van der Waals surface area contributed by atoms with Gasteiger partial charge in [0.15, 0.2) is 12.4 Å². The second-order valence-electron chi connectivity index (χ2n) is 6.72. The summed E-state index contributed by atoms with van der Waals surface area (Å²) in [5, 5.41) is 0. The van der Waals surface area contributed by atoms with Gasteiger partial charge in [0.25, 0.3) is 0 Å². The third-order valence-corrected chi connectivity index (χ3v) is 5.60. The van der Waals surface area contributed by atoms with Crippen molar-refractivity contribution < 1.29 is 78.1 Å². The molecule has 14 heteroatoms. The van der Waals surface area contributed by atoms with Crippen LogP contribution in [0.15, 0.2) is 0 Å². The van der Waals surface area contributed by atoms with Crippen LogP contribution in [-0.4, -0.2) is 70.4 Å². The van der Waals surface area contributed by atoms with Crippen LogP contribution in [0.3, 0.4) is 0 Å². The quantitative estimate of drug-likeness (QED) is 0.299. The topological polar surface area (TPSA) is 155 Å². The minimum atomic E-state index is -5.00. The van der Waals surface area contributed by atoms with Gasteiger partial charge in [0.05, 0.1) is 12.7 Å². The maximum Gasteiger partial charge on any atom is 1.00 e. The summed E-state index contributed by atoms with van der Waals surface area (Å²) in [7, 11) is -8.82. The Balaban J connectivity index is 0.00000392. The Morgan fingerprint density at radius 1 is 0.929 bits per heavy atom. The second kappa shape index (κ2) is 11.3. The Hall–Kier alpha value is 0.620. The summed E-state index contributed by atoms with van der Waals surface area (Å²) in [6.07, 6.45) is -1.41. The van der Waals surface area contributed by atoms with Crippen LogP contribution in [0.1, 0.15) is 39.0 Å². The monoisotopic (exact) mass is 457 g/mol. The van der Waals surface area contributed by atoms with Crippen LogP contribution in [-0.2, 0) is 43.4 Å². The van der Waals surface area contributed by atoms with E-state index in [1.54, 1.807) is 6.92 Å². The van der Waals surface area contributed by atoms with Crippen molar-refractivity contribution in [3.05, 3.63) is 0 Å². The fraction of sp³-hybridized carbons (Fsp3) is 1.00. The van der Waals surface area contributed by atoms with Gasteiger partial charge in [0.1, 0.15) is 12.2 Å². The predicted molar refractivity (Wildman–Crippen MR) is 90.5 cm³/mol. The van der Waals surface area contributed by atoms with Gasteiger partial charge in [0, 0.05) is 7.11 Å². The predicted octanol–water partition coefficient (Wildman–Crippen LogP) is -2.28. The van der Waals surface area contributed by atoms with Crippen molar-refractivity contribution in [2.75, 3.05) is 13.7 Å². The van der Waals surface area contributed by atoms with Crippen molar-refractivity contribution in [1.82, 2.24) is 0 Å². The van der Waals surface area contributed by atoms with Gasteiger partial charge in [-0.15, -0.1) is 0 Å². The number of rotatable bonds is 8. The molecule has 1 saturated carbocycles. The molecule has 2 rings (SSSR count). The van der Waals surface area contributed by atoms with Crippen LogP contribution in [0, 0.1) is 5.92 Å². The third kappa shape index (κ3) is 8.40. The van der Waals surface area contributed by atoms with E-state index in [-0.39, 0.29) is 42.1 Å². The minimum absolute atomic E-state index is 0. The van der Waals surface area contributed by atoms with Crippen LogP contribution >= 0.6 is 0 Å². The zero-order valence-electron chi connectivity index (χ0n) is 16.1. The smallest absolute Gasteiger partial charge is 0.372 e. The Bertz CT molecular complexity index is 677. The van der Waals surface area contributed by atoms with Crippen molar-refractivity contribution in [1.29, 1.82) is 0 Å². The molecule has 0 unspecified atom stereocenters. The van der Waals surface area contributed by atoms with Gasteiger partial charge < -0.3 is 14.2 Å². The Morgan fingerprint density at radius 2 is 1.46 bits per heavy atom. The molecule has 0 amide bonds. The summed E-state index contributed by atoms with van der Waals surface area (Å²) < 4.78 is 88.5. The van der Waals surface area contributed by atoms with Crippen molar-refractivity contribution in [3.63, 3.8) is 0 Å². The molecule has 1 saturated heterocycles. The van der Waals surface area contributed by atoms with Crippen molar-refractivity contribution in [2.24, 2.45) is 5.92 Å². The summed E-state index contributed by atoms with van der Waals surface area (Å²) in [5.41, 5.74) is 0. The minimum Gasteiger partial charge on any atom is -0.372 e. The first kappa shape index (κ1) is 26.7. The van der Waals surface area contributed by atoms with E-state index in [1.807, 2.05) is 0 Å². The van der Waals surface area contributed by atoms with Crippen molar-refractivity contribution >= 4 is 20.8 Å². The van der Waals surface area contributed by atoms with Crippen LogP contribution in [0.25, 0.3) is 0 Å². The Morgan fingerprint density at radius 3 is 1.96 bits per heavy atom. The van der Waals surface area contributed by atoms with E-state index in [9.17, 15) is 16.8 Å². The summed E-state index contributed by atoms with van der Waals surface area (Å²) in [4.78, 5) is 0. The molecule has 28 heavy (non-hydrogen) atoms. The molecule has 0 radical (unpaired) electrons. The molecule has 2 fully saturated rings. The summed E-state index contributed by atoms with van der Waals surface area (Å²) in [6.45, 7) is 1.83. The third-order valence-electron chi connectivity index (χ3n) is 4.67. The number of hydrogen-bond donors (Lipinski definition) is 2. The first-order chi connectivity index (χ1) is 12.5. The first-order valence-electron chi connectivity index (χ1n) is 8.61. The van der Waals surface area contributed by atoms with Gasteiger partial charge in [-0.25, -0.2) is 8.37 Å². The van der Waals surface area contributed by atoms with Crippen LogP contribution in [0.2, 0.25) is 0 Å². The van der Waals surface area contributed by atoms with Gasteiger partial charge >= 0.3 is 50.4 Å². The molecule has 1 aliphatic carbocycles. The molecule has 2 N–H and O–H groups in total. The maximum absolute atomic E-state index is 11.3. The first-order valence-corrected chi connectivity index (χ1v) is 11.3. The van der Waals surface area contributed by atoms with E-state index >= 15 is 0 Å². The van der Waals surface area contributed by atoms with E-state index in [2.05, 4.69) is 8.37 Å². The molecule has 1 heterocycles. The zero-order chi connectivity index (χ0) is 20.2. The van der Waals surface area contributed by atoms with Crippen LogP contribution < -0.4 is 29.6 Å². The fourth-order valence-corrected chi connectivity index (χ4v) is 4.47. The van der Waals surface area contributed by atoms with E-state index in [1.165, 1.54) is 7.11 Å². The van der Waals surface area contributed by atoms with E-state index < -0.39 is 51.5 Å². The van der Waals surface area contributed by atoms with Crippen LogP contribution in [0.5, 0.6) is 0 Å². The molecule has 0 bridgehead atoms. The fourth-order valence-electron chi connectivity index (χ4n) is 3.49. The molecule has 0 spiro atoms. The van der Waals surface area contributed by atoms with Crippen LogP contribution in [0.4, 0.5) is 0 Å². The number of methoxy groups -OCH3 is 1. The van der Waals surface area contributed by atoms with E-state index in [0.717, 1.165) is 32.1 Å². The van der Waals surface area contributed by atoms with Gasteiger partial charge in [-0.2, -0.15) is 16.8 Å². The maximum atomic E-state index is 11.3. The van der Waals surface area contributed by atoms with E-state index in [4.69, 9.17) is 23.3 Å². The van der Waals surface area contributed by atoms with E-state index in [0.29, 0.717) is 0 Å². The van der Waals surface area contributed by atoms with Gasteiger partial charge in [-0.1, -0.05) is 19.3 Å². The zero-order valence-corrected chi connectivity index (χ0v) is 19.7. The molecule has 5 atom stereocenters. The molecular formula is C14H26NaO11S2+. The summed E-state index contributed by atoms with van der Waals surface area (Å²) >= 11 is 0.